The van der Waals surface area contributed by atoms with Gasteiger partial charge in [-0.1, -0.05) is 82.1 Å². The fourth-order valence-corrected chi connectivity index (χ4v) is 6.07. The van der Waals surface area contributed by atoms with E-state index in [9.17, 15) is 19.8 Å². The van der Waals surface area contributed by atoms with Crippen LogP contribution in [-0.2, 0) is 27.2 Å². The Morgan fingerprint density at radius 1 is 1.00 bits per heavy atom. The molecule has 0 aliphatic carbocycles. The molecule has 0 spiro atoms. The van der Waals surface area contributed by atoms with Crippen LogP contribution in [0.5, 0.6) is 5.75 Å². The second-order valence-corrected chi connectivity index (χ2v) is 14.5. The number of hydrogen-bond donors (Lipinski definition) is 2. The van der Waals surface area contributed by atoms with E-state index in [-0.39, 0.29) is 43.9 Å². The minimum atomic E-state index is -0.457. The summed E-state index contributed by atoms with van der Waals surface area (Å²) < 4.78 is 11.8. The van der Waals surface area contributed by atoms with E-state index in [2.05, 4.69) is 65.0 Å². The van der Waals surface area contributed by atoms with Crippen molar-refractivity contribution < 1.29 is 29.3 Å². The number of aliphatic hydroxyl groups is 2. The van der Waals surface area contributed by atoms with Gasteiger partial charge in [0.05, 0.1) is 19.3 Å². The average molecular weight is 682 g/mol. The van der Waals surface area contributed by atoms with E-state index in [0.29, 0.717) is 6.42 Å². The highest BCUT2D eigenvalue weighted by Gasteiger charge is 2.28. The van der Waals surface area contributed by atoms with Crippen molar-refractivity contribution in [3.05, 3.63) is 58.7 Å². The van der Waals surface area contributed by atoms with Gasteiger partial charge in [0.1, 0.15) is 18.0 Å². The highest BCUT2D eigenvalue weighted by Crippen LogP contribution is 2.37. The largest absolute Gasteiger partial charge is 0.487 e. The van der Waals surface area contributed by atoms with E-state index >= 15 is 0 Å². The number of nitrogens with zero attached hydrogens (tertiary/aromatic N) is 1. The van der Waals surface area contributed by atoms with E-state index < -0.39 is 5.97 Å². The van der Waals surface area contributed by atoms with Crippen LogP contribution in [0.2, 0.25) is 0 Å². The summed E-state index contributed by atoms with van der Waals surface area (Å²) in [4.78, 5) is 26.9. The summed E-state index contributed by atoms with van der Waals surface area (Å²) in [6.07, 6.45) is 26.5. The summed E-state index contributed by atoms with van der Waals surface area (Å²) in [6.45, 7) is 11.1. The van der Waals surface area contributed by atoms with E-state index in [1.807, 2.05) is 0 Å². The maximum Gasteiger partial charge on any atom is 0.330 e. The van der Waals surface area contributed by atoms with Crippen LogP contribution in [0.4, 0.5) is 0 Å². The molecule has 49 heavy (non-hydrogen) atoms. The van der Waals surface area contributed by atoms with Gasteiger partial charge in [-0.2, -0.15) is 0 Å². The number of fused-ring (bicyclic) bond motifs is 1. The Labute approximate surface area is 297 Å². The Balaban J connectivity index is 1.67. The zero-order valence-corrected chi connectivity index (χ0v) is 31.4. The quantitative estimate of drug-likeness (QED) is 0.0463. The molecule has 0 radical (unpaired) electrons. The number of carbonyl (C=O) groups is 2. The Hall–Kier alpha value is -2.90. The number of aryl methyl sites for hydroxylation is 1. The molecular formula is C42H67NO6. The predicted molar refractivity (Wildman–Crippen MR) is 202 cm³/mol. The van der Waals surface area contributed by atoms with Crippen LogP contribution in [0, 0.1) is 0 Å². The first-order valence-corrected chi connectivity index (χ1v) is 19.1. The van der Waals surface area contributed by atoms with Crippen molar-refractivity contribution in [3.8, 4) is 5.75 Å². The third-order valence-corrected chi connectivity index (χ3v) is 9.09. The molecular weight excluding hydrogens is 614 g/mol. The molecule has 1 aromatic carbocycles. The molecule has 1 amide bonds. The monoisotopic (exact) mass is 681 g/mol. The first-order chi connectivity index (χ1) is 23.5. The Morgan fingerprint density at radius 3 is 2.49 bits per heavy atom. The van der Waals surface area contributed by atoms with Crippen LogP contribution in [0.25, 0.3) is 6.08 Å². The van der Waals surface area contributed by atoms with Gasteiger partial charge in [0.15, 0.2) is 0 Å². The van der Waals surface area contributed by atoms with Crippen molar-refractivity contribution in [1.29, 1.82) is 0 Å². The first-order valence-electron chi connectivity index (χ1n) is 19.1. The molecule has 0 saturated carbocycles. The van der Waals surface area contributed by atoms with Gasteiger partial charge in [-0.05, 0) is 114 Å². The average Bonchev–Trinajstić information content (AvgIpc) is 3.06. The van der Waals surface area contributed by atoms with Crippen LogP contribution in [0.1, 0.15) is 148 Å². The molecule has 1 atom stereocenters. The number of ether oxygens (including phenoxy) is 2. The van der Waals surface area contributed by atoms with Crippen molar-refractivity contribution in [2.24, 2.45) is 0 Å². The lowest BCUT2D eigenvalue weighted by molar-refractivity contribution is -0.141. The van der Waals surface area contributed by atoms with Gasteiger partial charge in [-0.25, -0.2) is 4.79 Å². The number of hydrogen-bond acceptors (Lipinski definition) is 6. The highest BCUT2D eigenvalue weighted by molar-refractivity contribution is 5.87. The van der Waals surface area contributed by atoms with Gasteiger partial charge in [0, 0.05) is 19.0 Å². The molecule has 0 unspecified atom stereocenters. The summed E-state index contributed by atoms with van der Waals surface area (Å²) in [5, 5.41) is 19.6. The lowest BCUT2D eigenvalue weighted by atomic mass is 9.90. The van der Waals surface area contributed by atoms with E-state index in [0.717, 1.165) is 99.5 Å². The molecule has 1 aromatic rings. The number of unbranched alkanes of at least 4 members (excludes halogenated alkanes) is 9. The van der Waals surface area contributed by atoms with Gasteiger partial charge < -0.3 is 24.6 Å². The standard InChI is InChI=1S/C42H67NO6/c1-6-7-8-13-16-19-38(45)20-17-14-11-9-10-12-15-18-21-39(46)43(28-30-44)29-31-48-40(47)25-23-35-32-36(24-22-34(2)3)41-37(33-35)26-27-42(4,5)49-41/h14,17,22-23,25,32-33,38,44-45H,6-13,15-16,18-21,24,26-31H2,1-5H3/b17-14-,25-23+/t38-/m0/s1. The maximum atomic E-state index is 12.8. The third kappa shape index (κ3) is 18.6. The van der Waals surface area contributed by atoms with Gasteiger partial charge in [-0.15, -0.1) is 0 Å². The summed E-state index contributed by atoms with van der Waals surface area (Å²) in [5.41, 5.74) is 4.25. The maximum absolute atomic E-state index is 12.8. The zero-order valence-electron chi connectivity index (χ0n) is 31.4. The minimum absolute atomic E-state index is 0.0177. The summed E-state index contributed by atoms with van der Waals surface area (Å²) in [5.74, 6) is 0.485. The molecule has 1 aliphatic rings. The molecule has 0 aromatic heterocycles. The minimum Gasteiger partial charge on any atom is -0.487 e. The number of esters is 1. The predicted octanol–water partition coefficient (Wildman–Crippen LogP) is 9.07. The molecule has 2 N–H and O–H groups in total. The SMILES string of the molecule is CCCCCCC[C@H](O)C/C=C\CCCCCCCC(=O)N(CCO)CCOC(=O)/C=C/c1cc(CC=C(C)C)c2c(c1)CCC(C)(C)O2. The van der Waals surface area contributed by atoms with Gasteiger partial charge in [0.2, 0.25) is 5.91 Å². The second-order valence-electron chi connectivity index (χ2n) is 14.5. The fourth-order valence-electron chi connectivity index (χ4n) is 6.07. The third-order valence-electron chi connectivity index (χ3n) is 9.09. The highest BCUT2D eigenvalue weighted by atomic mass is 16.5. The van der Waals surface area contributed by atoms with Gasteiger partial charge >= 0.3 is 5.97 Å². The number of amides is 1. The summed E-state index contributed by atoms with van der Waals surface area (Å²) in [6, 6.07) is 4.16. The normalized spacial score (nSPS) is 14.4. The van der Waals surface area contributed by atoms with Crippen LogP contribution in [-0.4, -0.2) is 65.0 Å². The van der Waals surface area contributed by atoms with Crippen molar-refractivity contribution in [2.45, 2.75) is 155 Å². The molecule has 276 valence electrons. The molecule has 2 rings (SSSR count). The van der Waals surface area contributed by atoms with E-state index in [1.165, 1.54) is 37.3 Å². The number of allylic oxidation sites excluding steroid dienone is 3. The van der Waals surface area contributed by atoms with Crippen LogP contribution in [0.15, 0.2) is 42.0 Å². The van der Waals surface area contributed by atoms with E-state index in [1.54, 1.807) is 11.0 Å². The number of rotatable bonds is 25. The van der Waals surface area contributed by atoms with Crippen LogP contribution >= 0.6 is 0 Å². The molecule has 0 fully saturated rings. The Morgan fingerprint density at radius 2 is 1.73 bits per heavy atom. The molecule has 7 heteroatoms. The summed E-state index contributed by atoms with van der Waals surface area (Å²) in [7, 11) is 0. The fraction of sp³-hybridized carbons (Fsp3) is 0.667. The summed E-state index contributed by atoms with van der Waals surface area (Å²) >= 11 is 0. The Bertz CT molecular complexity index is 1200. The molecule has 0 saturated heterocycles. The Kier molecular flexibility index (Phi) is 20.9. The van der Waals surface area contributed by atoms with Gasteiger partial charge in [-0.3, -0.25) is 4.79 Å². The molecule has 0 bridgehead atoms. The number of carbonyl (C=O) groups excluding carboxylic acids is 2. The molecule has 1 aliphatic heterocycles. The lowest BCUT2D eigenvalue weighted by Crippen LogP contribution is -2.36. The first kappa shape index (κ1) is 42.3. The van der Waals surface area contributed by atoms with Crippen LogP contribution < -0.4 is 4.74 Å². The molecule has 1 heterocycles. The van der Waals surface area contributed by atoms with Crippen molar-refractivity contribution >= 4 is 18.0 Å². The van der Waals surface area contributed by atoms with Crippen molar-refractivity contribution in [1.82, 2.24) is 4.90 Å². The van der Waals surface area contributed by atoms with Crippen molar-refractivity contribution in [3.63, 3.8) is 0 Å². The smallest absolute Gasteiger partial charge is 0.330 e. The zero-order chi connectivity index (χ0) is 35.9. The topological polar surface area (TPSA) is 96.3 Å². The van der Waals surface area contributed by atoms with Crippen LogP contribution in [0.3, 0.4) is 0 Å². The number of benzene rings is 1. The van der Waals surface area contributed by atoms with E-state index in [4.69, 9.17) is 9.47 Å². The van der Waals surface area contributed by atoms with Gasteiger partial charge in [0.25, 0.3) is 0 Å². The molecule has 7 nitrogen and oxygen atoms in total. The second kappa shape index (κ2) is 24.3. The van der Waals surface area contributed by atoms with Crippen molar-refractivity contribution in [2.75, 3.05) is 26.3 Å². The lowest BCUT2D eigenvalue weighted by Gasteiger charge is -2.34. The number of aliphatic hydroxyl groups excluding tert-OH is 2.